The molecule has 2 aromatic rings. The van der Waals surface area contributed by atoms with Crippen LogP contribution in [0.2, 0.25) is 0 Å². The fourth-order valence-corrected chi connectivity index (χ4v) is 1.45. The predicted molar refractivity (Wildman–Crippen MR) is 110 cm³/mol. The summed E-state index contributed by atoms with van der Waals surface area (Å²) in [6.45, 7) is 8.56. The summed E-state index contributed by atoms with van der Waals surface area (Å²) in [6.07, 6.45) is 2.98. The van der Waals surface area contributed by atoms with Gasteiger partial charge in [-0.2, -0.15) is 0 Å². The summed E-state index contributed by atoms with van der Waals surface area (Å²) >= 11 is 3.78. The van der Waals surface area contributed by atoms with E-state index in [4.69, 9.17) is 4.74 Å². The van der Waals surface area contributed by atoms with E-state index in [0.29, 0.717) is 0 Å². The van der Waals surface area contributed by atoms with E-state index >= 15 is 0 Å². The molecule has 1 unspecified atom stereocenters. The second kappa shape index (κ2) is 14.3. The zero-order valence-electron chi connectivity index (χ0n) is 14.4. The summed E-state index contributed by atoms with van der Waals surface area (Å²) in [5.41, 5.74) is 0.996. The molecule has 0 aliphatic carbocycles. The molecular formula is C19H28NOPS. The zero-order chi connectivity index (χ0) is 17.5. The third-order valence-electron chi connectivity index (χ3n) is 2.88. The SMILES string of the molecule is CCC(C)C.CP.S/N=C/c1ccc(Oc2ccccc2)cc1. The van der Waals surface area contributed by atoms with Gasteiger partial charge in [-0.3, -0.25) is 0 Å². The van der Waals surface area contributed by atoms with E-state index in [1.807, 2.05) is 61.3 Å². The number of rotatable bonds is 4. The molecule has 4 heteroatoms. The van der Waals surface area contributed by atoms with E-state index in [1.165, 1.54) is 6.42 Å². The van der Waals surface area contributed by atoms with Crippen LogP contribution in [0.15, 0.2) is 59.0 Å². The summed E-state index contributed by atoms with van der Waals surface area (Å²) in [5, 5.41) is 0. The van der Waals surface area contributed by atoms with Crippen LogP contribution in [0.25, 0.3) is 0 Å². The first-order valence-electron chi connectivity index (χ1n) is 7.73. The van der Waals surface area contributed by atoms with E-state index in [2.05, 4.69) is 47.2 Å². The second-order valence-corrected chi connectivity index (χ2v) is 5.26. The third-order valence-corrected chi connectivity index (χ3v) is 3.00. The highest BCUT2D eigenvalue weighted by Crippen LogP contribution is 2.20. The monoisotopic (exact) mass is 349 g/mol. The van der Waals surface area contributed by atoms with Gasteiger partial charge >= 0.3 is 0 Å². The Morgan fingerprint density at radius 3 is 1.91 bits per heavy atom. The van der Waals surface area contributed by atoms with Crippen LogP contribution in [-0.2, 0) is 0 Å². The first kappa shape index (κ1) is 21.7. The largest absolute Gasteiger partial charge is 0.457 e. The fourth-order valence-electron chi connectivity index (χ4n) is 1.31. The molecule has 0 amide bonds. The van der Waals surface area contributed by atoms with Crippen LogP contribution in [0.3, 0.4) is 0 Å². The van der Waals surface area contributed by atoms with Crippen LogP contribution in [0.1, 0.15) is 32.8 Å². The van der Waals surface area contributed by atoms with E-state index in [1.54, 1.807) is 6.21 Å². The lowest BCUT2D eigenvalue weighted by atomic mass is 10.2. The summed E-state index contributed by atoms with van der Waals surface area (Å²) in [4.78, 5) is 0. The van der Waals surface area contributed by atoms with Gasteiger partial charge in [0.15, 0.2) is 0 Å². The number of hydrogen-bond acceptors (Lipinski definition) is 3. The maximum Gasteiger partial charge on any atom is 0.127 e. The minimum Gasteiger partial charge on any atom is -0.457 e. The van der Waals surface area contributed by atoms with Crippen molar-refractivity contribution in [1.82, 2.24) is 0 Å². The number of hydrogen-bond donors (Lipinski definition) is 1. The Bertz CT molecular complexity index is 527. The highest BCUT2D eigenvalue weighted by atomic mass is 32.1. The van der Waals surface area contributed by atoms with Crippen LogP contribution in [0.4, 0.5) is 0 Å². The van der Waals surface area contributed by atoms with Crippen molar-refractivity contribution in [2.45, 2.75) is 27.2 Å². The van der Waals surface area contributed by atoms with Crippen LogP contribution >= 0.6 is 22.1 Å². The van der Waals surface area contributed by atoms with Gasteiger partial charge < -0.3 is 4.74 Å². The summed E-state index contributed by atoms with van der Waals surface area (Å²) in [7, 11) is 2.42. The maximum atomic E-state index is 5.65. The van der Waals surface area contributed by atoms with Crippen LogP contribution in [0, 0.1) is 5.92 Å². The molecule has 0 radical (unpaired) electrons. The van der Waals surface area contributed by atoms with Crippen molar-refractivity contribution >= 4 is 28.3 Å². The molecule has 0 spiro atoms. The smallest absolute Gasteiger partial charge is 0.127 e. The fraction of sp³-hybridized carbons (Fsp3) is 0.316. The van der Waals surface area contributed by atoms with Crippen LogP contribution in [-0.4, -0.2) is 12.9 Å². The molecule has 0 saturated heterocycles. The highest BCUT2D eigenvalue weighted by Gasteiger charge is 1.95. The quantitative estimate of drug-likeness (QED) is 0.391. The van der Waals surface area contributed by atoms with Crippen LogP contribution < -0.4 is 4.74 Å². The topological polar surface area (TPSA) is 21.6 Å². The Kier molecular flexibility index (Phi) is 13.5. The minimum absolute atomic E-state index is 0.808. The van der Waals surface area contributed by atoms with Crippen molar-refractivity contribution in [2.24, 2.45) is 10.3 Å². The Hall–Kier alpha value is -1.31. The number of benzene rings is 2. The average molecular weight is 349 g/mol. The maximum absolute atomic E-state index is 5.65. The lowest BCUT2D eigenvalue weighted by Gasteiger charge is -2.04. The summed E-state index contributed by atoms with van der Waals surface area (Å²) < 4.78 is 9.30. The molecule has 0 aliphatic rings. The zero-order valence-corrected chi connectivity index (χ0v) is 16.5. The van der Waals surface area contributed by atoms with Gasteiger partial charge in [-0.05, 0) is 60.7 Å². The highest BCUT2D eigenvalue weighted by molar-refractivity contribution is 7.79. The van der Waals surface area contributed by atoms with Gasteiger partial charge in [-0.1, -0.05) is 52.1 Å². The lowest BCUT2D eigenvalue weighted by molar-refractivity contribution is 0.482. The molecule has 0 aromatic heterocycles. The van der Waals surface area contributed by atoms with Gasteiger partial charge in [-0.15, -0.1) is 9.24 Å². The first-order valence-corrected chi connectivity index (χ1v) is 9.29. The number of nitrogens with zero attached hydrogens (tertiary/aromatic N) is 1. The number of para-hydroxylation sites is 1. The molecule has 0 N–H and O–H groups in total. The van der Waals surface area contributed by atoms with Gasteiger partial charge in [0.25, 0.3) is 0 Å². The van der Waals surface area contributed by atoms with Gasteiger partial charge in [0.05, 0.1) is 0 Å². The molecule has 2 aromatic carbocycles. The molecule has 0 saturated carbocycles. The van der Waals surface area contributed by atoms with Crippen molar-refractivity contribution in [3.8, 4) is 11.5 Å². The van der Waals surface area contributed by atoms with Gasteiger partial charge in [0.1, 0.15) is 11.5 Å². The normalized spacial score (nSPS) is 9.70. The molecule has 2 rings (SSSR count). The molecule has 2 nitrogen and oxygen atoms in total. The molecule has 1 atom stereocenters. The van der Waals surface area contributed by atoms with Crippen molar-refractivity contribution in [3.05, 3.63) is 60.2 Å². The van der Waals surface area contributed by atoms with E-state index in [0.717, 1.165) is 23.0 Å². The summed E-state index contributed by atoms with van der Waals surface area (Å²) in [6, 6.07) is 17.3. The molecular weight excluding hydrogens is 321 g/mol. The van der Waals surface area contributed by atoms with Gasteiger partial charge in [-0.25, -0.2) is 4.40 Å². The standard InChI is InChI=1S/C13H11NOS.C5H12.CH5P/c16-14-10-11-6-8-13(9-7-11)15-12-4-2-1-3-5-12;1-4-5(2)3;1-2/h1-10,16H;5H,4H2,1-3H3;2H2,1H3/b14-10+;;. The van der Waals surface area contributed by atoms with E-state index in [-0.39, 0.29) is 0 Å². The molecule has 0 heterocycles. The molecule has 0 bridgehead atoms. The van der Waals surface area contributed by atoms with E-state index < -0.39 is 0 Å². The Morgan fingerprint density at radius 2 is 1.48 bits per heavy atom. The number of ether oxygens (including phenoxy) is 1. The van der Waals surface area contributed by atoms with Crippen molar-refractivity contribution < 1.29 is 4.74 Å². The van der Waals surface area contributed by atoms with Gasteiger partial charge in [0.2, 0.25) is 0 Å². The molecule has 0 aliphatic heterocycles. The predicted octanol–water partition coefficient (Wildman–Crippen LogP) is 6.29. The summed E-state index contributed by atoms with van der Waals surface area (Å²) in [5.74, 6) is 2.52. The van der Waals surface area contributed by atoms with Crippen molar-refractivity contribution in [2.75, 3.05) is 6.66 Å². The van der Waals surface area contributed by atoms with E-state index in [9.17, 15) is 0 Å². The Morgan fingerprint density at radius 1 is 1.00 bits per heavy atom. The molecule has 23 heavy (non-hydrogen) atoms. The third kappa shape index (κ3) is 11.0. The molecule has 126 valence electrons. The van der Waals surface area contributed by atoms with Crippen molar-refractivity contribution in [1.29, 1.82) is 0 Å². The van der Waals surface area contributed by atoms with Crippen LogP contribution in [0.5, 0.6) is 11.5 Å². The Balaban J connectivity index is 0.000000594. The molecule has 0 fully saturated rings. The lowest BCUT2D eigenvalue weighted by Crippen LogP contribution is -1.84. The number of thiol groups is 1. The minimum atomic E-state index is 0.808. The average Bonchev–Trinajstić information content (AvgIpc) is 2.60. The second-order valence-electron chi connectivity index (χ2n) is 5.03. The first-order chi connectivity index (χ1) is 11.2. The van der Waals surface area contributed by atoms with Crippen molar-refractivity contribution in [3.63, 3.8) is 0 Å². The Labute approximate surface area is 149 Å². The van der Waals surface area contributed by atoms with Gasteiger partial charge in [0, 0.05) is 6.21 Å².